The second kappa shape index (κ2) is 6.84. The van der Waals surface area contributed by atoms with Gasteiger partial charge in [-0.15, -0.1) is 0 Å². The van der Waals surface area contributed by atoms with Gasteiger partial charge < -0.3 is 10.5 Å². The standard InChI is InChI=1S/C15H23BrN2O/c1-11-7-8-18(10-15(11)19-2)14(9-17)12-3-5-13(16)6-4-12/h3-6,11,14-15H,7-10,17H2,1-2H3. The summed E-state index contributed by atoms with van der Waals surface area (Å²) in [6.07, 6.45) is 1.49. The highest BCUT2D eigenvalue weighted by Gasteiger charge is 2.30. The van der Waals surface area contributed by atoms with E-state index in [1.54, 1.807) is 0 Å². The molecule has 1 aromatic rings. The van der Waals surface area contributed by atoms with Crippen LogP contribution in [0.15, 0.2) is 28.7 Å². The fourth-order valence-corrected chi connectivity index (χ4v) is 3.09. The third kappa shape index (κ3) is 3.57. The number of hydrogen-bond donors (Lipinski definition) is 1. The van der Waals surface area contributed by atoms with E-state index in [0.717, 1.165) is 17.6 Å². The molecule has 19 heavy (non-hydrogen) atoms. The fraction of sp³-hybridized carbons (Fsp3) is 0.600. The molecule has 0 bridgehead atoms. The van der Waals surface area contributed by atoms with Crippen LogP contribution in [0.5, 0.6) is 0 Å². The number of rotatable bonds is 4. The molecular formula is C15H23BrN2O. The first-order chi connectivity index (χ1) is 9.15. The maximum absolute atomic E-state index is 6.00. The lowest BCUT2D eigenvalue weighted by Crippen LogP contribution is -2.47. The Morgan fingerprint density at radius 2 is 2.11 bits per heavy atom. The van der Waals surface area contributed by atoms with E-state index < -0.39 is 0 Å². The maximum Gasteiger partial charge on any atom is 0.0724 e. The van der Waals surface area contributed by atoms with Crippen molar-refractivity contribution in [3.8, 4) is 0 Å². The van der Waals surface area contributed by atoms with Crippen molar-refractivity contribution in [1.29, 1.82) is 0 Å². The van der Waals surface area contributed by atoms with Crippen LogP contribution in [-0.2, 0) is 4.74 Å². The molecule has 1 fully saturated rings. The molecular weight excluding hydrogens is 304 g/mol. The zero-order chi connectivity index (χ0) is 13.8. The largest absolute Gasteiger partial charge is 0.380 e. The minimum absolute atomic E-state index is 0.290. The molecule has 106 valence electrons. The number of methoxy groups -OCH3 is 1. The first-order valence-corrected chi connectivity index (χ1v) is 7.67. The fourth-order valence-electron chi connectivity index (χ4n) is 2.83. The van der Waals surface area contributed by atoms with E-state index in [1.807, 2.05) is 7.11 Å². The zero-order valence-corrected chi connectivity index (χ0v) is 13.3. The lowest BCUT2D eigenvalue weighted by molar-refractivity contribution is -0.0183. The van der Waals surface area contributed by atoms with Gasteiger partial charge in [0.25, 0.3) is 0 Å². The van der Waals surface area contributed by atoms with E-state index in [1.165, 1.54) is 12.0 Å². The van der Waals surface area contributed by atoms with Crippen LogP contribution in [0.3, 0.4) is 0 Å². The van der Waals surface area contributed by atoms with Crippen LogP contribution in [0.4, 0.5) is 0 Å². The van der Waals surface area contributed by atoms with Crippen molar-refractivity contribution in [2.45, 2.75) is 25.5 Å². The van der Waals surface area contributed by atoms with Crippen LogP contribution in [-0.4, -0.2) is 37.7 Å². The Hall–Kier alpha value is -0.420. The molecule has 1 aliphatic heterocycles. The summed E-state index contributed by atoms with van der Waals surface area (Å²) < 4.78 is 6.70. The number of ether oxygens (including phenoxy) is 1. The lowest BCUT2D eigenvalue weighted by atomic mass is 9.93. The number of halogens is 1. The van der Waals surface area contributed by atoms with Gasteiger partial charge in [0.1, 0.15) is 0 Å². The average molecular weight is 327 g/mol. The molecule has 2 rings (SSSR count). The summed E-state index contributed by atoms with van der Waals surface area (Å²) in [6, 6.07) is 8.76. The number of piperidine rings is 1. The van der Waals surface area contributed by atoms with E-state index in [2.05, 4.69) is 52.0 Å². The van der Waals surface area contributed by atoms with E-state index in [-0.39, 0.29) is 0 Å². The van der Waals surface area contributed by atoms with Gasteiger partial charge >= 0.3 is 0 Å². The number of nitrogens with zero attached hydrogens (tertiary/aromatic N) is 1. The van der Waals surface area contributed by atoms with Crippen molar-refractivity contribution in [2.24, 2.45) is 11.7 Å². The zero-order valence-electron chi connectivity index (χ0n) is 11.7. The van der Waals surface area contributed by atoms with Gasteiger partial charge in [0.05, 0.1) is 6.10 Å². The molecule has 1 aromatic carbocycles. The first-order valence-electron chi connectivity index (χ1n) is 6.88. The van der Waals surface area contributed by atoms with Crippen molar-refractivity contribution in [1.82, 2.24) is 4.90 Å². The van der Waals surface area contributed by atoms with Crippen LogP contribution in [0.2, 0.25) is 0 Å². The van der Waals surface area contributed by atoms with Crippen LogP contribution < -0.4 is 5.73 Å². The monoisotopic (exact) mass is 326 g/mol. The van der Waals surface area contributed by atoms with Gasteiger partial charge in [0, 0.05) is 30.7 Å². The van der Waals surface area contributed by atoms with Gasteiger partial charge in [0.15, 0.2) is 0 Å². The Balaban J connectivity index is 2.11. The Bertz CT molecular complexity index is 396. The molecule has 0 spiro atoms. The molecule has 0 aliphatic carbocycles. The predicted molar refractivity (Wildman–Crippen MR) is 82.1 cm³/mol. The summed E-state index contributed by atoms with van der Waals surface area (Å²) in [7, 11) is 1.81. The van der Waals surface area contributed by atoms with E-state index in [0.29, 0.717) is 24.6 Å². The molecule has 2 N–H and O–H groups in total. The second-order valence-electron chi connectivity index (χ2n) is 5.34. The first kappa shape index (κ1) is 15.0. The Morgan fingerprint density at radius 3 is 2.68 bits per heavy atom. The molecule has 0 aromatic heterocycles. The van der Waals surface area contributed by atoms with Gasteiger partial charge in [0.2, 0.25) is 0 Å². The molecule has 0 amide bonds. The molecule has 0 saturated carbocycles. The Morgan fingerprint density at radius 1 is 1.42 bits per heavy atom. The highest BCUT2D eigenvalue weighted by molar-refractivity contribution is 9.10. The van der Waals surface area contributed by atoms with Crippen LogP contribution in [0, 0.1) is 5.92 Å². The van der Waals surface area contributed by atoms with Gasteiger partial charge in [-0.05, 0) is 36.6 Å². The van der Waals surface area contributed by atoms with Gasteiger partial charge in [-0.1, -0.05) is 35.0 Å². The summed E-state index contributed by atoms with van der Waals surface area (Å²) in [5.41, 5.74) is 7.29. The molecule has 1 saturated heterocycles. The average Bonchev–Trinajstić information content (AvgIpc) is 2.43. The summed E-state index contributed by atoms with van der Waals surface area (Å²) in [5.74, 6) is 0.629. The second-order valence-corrected chi connectivity index (χ2v) is 6.25. The van der Waals surface area contributed by atoms with Crippen molar-refractivity contribution in [3.63, 3.8) is 0 Å². The molecule has 1 aliphatic rings. The molecule has 3 unspecified atom stereocenters. The van der Waals surface area contributed by atoms with Crippen LogP contribution in [0.25, 0.3) is 0 Å². The SMILES string of the molecule is COC1CN(C(CN)c2ccc(Br)cc2)CCC1C. The minimum atomic E-state index is 0.290. The number of likely N-dealkylation sites (tertiary alicyclic amines) is 1. The summed E-state index contributed by atoms with van der Waals surface area (Å²) in [5, 5.41) is 0. The van der Waals surface area contributed by atoms with Crippen molar-refractivity contribution < 1.29 is 4.74 Å². The third-order valence-electron chi connectivity index (χ3n) is 4.14. The number of benzene rings is 1. The van der Waals surface area contributed by atoms with Gasteiger partial charge in [-0.3, -0.25) is 4.90 Å². The maximum atomic E-state index is 6.00. The molecule has 0 radical (unpaired) electrons. The third-order valence-corrected chi connectivity index (χ3v) is 4.67. The Kier molecular flexibility index (Phi) is 5.39. The number of hydrogen-bond acceptors (Lipinski definition) is 3. The van der Waals surface area contributed by atoms with Crippen LogP contribution >= 0.6 is 15.9 Å². The summed E-state index contributed by atoms with van der Waals surface area (Å²) in [4.78, 5) is 2.46. The van der Waals surface area contributed by atoms with Crippen molar-refractivity contribution in [3.05, 3.63) is 34.3 Å². The molecule has 4 heteroatoms. The Labute approximate surface area is 124 Å². The molecule has 3 atom stereocenters. The topological polar surface area (TPSA) is 38.5 Å². The highest BCUT2D eigenvalue weighted by atomic mass is 79.9. The van der Waals surface area contributed by atoms with E-state index >= 15 is 0 Å². The van der Waals surface area contributed by atoms with Gasteiger partial charge in [-0.2, -0.15) is 0 Å². The number of nitrogens with two attached hydrogens (primary N) is 1. The molecule has 3 nitrogen and oxygen atoms in total. The predicted octanol–water partition coefficient (Wildman–Crippen LogP) is 2.81. The van der Waals surface area contributed by atoms with Crippen molar-refractivity contribution >= 4 is 15.9 Å². The lowest BCUT2D eigenvalue weighted by Gasteiger charge is -2.40. The summed E-state index contributed by atoms with van der Waals surface area (Å²) in [6.45, 7) is 4.98. The van der Waals surface area contributed by atoms with Crippen LogP contribution in [0.1, 0.15) is 24.9 Å². The quantitative estimate of drug-likeness (QED) is 0.924. The minimum Gasteiger partial charge on any atom is -0.380 e. The van der Waals surface area contributed by atoms with Crippen molar-refractivity contribution in [2.75, 3.05) is 26.7 Å². The highest BCUT2D eigenvalue weighted by Crippen LogP contribution is 2.28. The normalized spacial score (nSPS) is 26.3. The van der Waals surface area contributed by atoms with E-state index in [9.17, 15) is 0 Å². The smallest absolute Gasteiger partial charge is 0.0724 e. The molecule has 1 heterocycles. The summed E-state index contributed by atoms with van der Waals surface area (Å²) >= 11 is 3.48. The van der Waals surface area contributed by atoms with E-state index in [4.69, 9.17) is 10.5 Å². The van der Waals surface area contributed by atoms with Gasteiger partial charge in [-0.25, -0.2) is 0 Å².